The average molecular weight is 411 g/mol. The van der Waals surface area contributed by atoms with E-state index in [0.29, 0.717) is 24.0 Å². The van der Waals surface area contributed by atoms with Crippen molar-refractivity contribution in [3.63, 3.8) is 0 Å². The average Bonchev–Trinajstić information content (AvgIpc) is 3.32. The molecular formula is C24H46N2O3. The number of ether oxygens (including phenoxy) is 3. The van der Waals surface area contributed by atoms with E-state index < -0.39 is 0 Å². The topological polar surface area (TPSA) is 34.2 Å². The molecule has 1 unspecified atom stereocenters. The van der Waals surface area contributed by atoms with Crippen LogP contribution in [0.2, 0.25) is 0 Å². The summed E-state index contributed by atoms with van der Waals surface area (Å²) in [6.07, 6.45) is 3.56. The Morgan fingerprint density at radius 1 is 0.655 bits per heavy atom. The molecule has 0 aromatic heterocycles. The van der Waals surface area contributed by atoms with Gasteiger partial charge in [-0.2, -0.15) is 0 Å². The maximum absolute atomic E-state index is 5.80. The summed E-state index contributed by atoms with van der Waals surface area (Å²) in [4.78, 5) is 5.15. The Labute approximate surface area is 179 Å². The van der Waals surface area contributed by atoms with Crippen LogP contribution in [0.15, 0.2) is 0 Å². The first-order chi connectivity index (χ1) is 13.6. The van der Waals surface area contributed by atoms with Crippen molar-refractivity contribution in [3.8, 4) is 0 Å². The van der Waals surface area contributed by atoms with Gasteiger partial charge in [-0.3, -0.25) is 9.80 Å². The Balaban J connectivity index is 0.000000166. The summed E-state index contributed by atoms with van der Waals surface area (Å²) in [5, 5.41) is 0. The summed E-state index contributed by atoms with van der Waals surface area (Å²) in [7, 11) is 0. The summed E-state index contributed by atoms with van der Waals surface area (Å²) in [6, 6.07) is 2.56. The third-order valence-corrected chi connectivity index (χ3v) is 7.49. The molecule has 0 aromatic carbocycles. The van der Waals surface area contributed by atoms with Crippen LogP contribution in [-0.4, -0.2) is 78.3 Å². The van der Waals surface area contributed by atoms with Crippen molar-refractivity contribution < 1.29 is 14.2 Å². The standard InChI is InChI=1S/C12H23NO2.C12H23NO/c1-9(2)11-7-12(14-5-6-15-12)8-13(11)10(3)4;1-9(2)11-7-12(5-6-14-12)8-13(11)10(3)4/h9-11H,5-8H2,1-4H3;9-11H,5-8H2,1-4H3/t11-;11-,12?/m00/s1. The fourth-order valence-electron chi connectivity index (χ4n) is 5.66. The van der Waals surface area contributed by atoms with Gasteiger partial charge in [0.15, 0.2) is 5.79 Å². The molecule has 0 radical (unpaired) electrons. The molecule has 2 spiro atoms. The van der Waals surface area contributed by atoms with Gasteiger partial charge in [-0.05, 0) is 46.0 Å². The summed E-state index contributed by atoms with van der Waals surface area (Å²) in [5.41, 5.74) is 0.249. The predicted octanol–water partition coefficient (Wildman–Crippen LogP) is 4.15. The van der Waals surface area contributed by atoms with Gasteiger partial charge in [0, 0.05) is 43.6 Å². The smallest absolute Gasteiger partial charge is 0.182 e. The Morgan fingerprint density at radius 3 is 1.48 bits per heavy atom. The molecule has 4 fully saturated rings. The maximum atomic E-state index is 5.80. The zero-order chi connectivity index (χ0) is 21.4. The first-order valence-corrected chi connectivity index (χ1v) is 12.0. The molecule has 3 atom stereocenters. The molecule has 0 saturated carbocycles. The lowest BCUT2D eigenvalue weighted by molar-refractivity contribution is -0.146. The van der Waals surface area contributed by atoms with Crippen LogP contribution in [0.5, 0.6) is 0 Å². The van der Waals surface area contributed by atoms with Crippen molar-refractivity contribution in [2.75, 3.05) is 32.9 Å². The number of likely N-dealkylation sites (tertiary alicyclic amines) is 2. The third-order valence-electron chi connectivity index (χ3n) is 7.49. The van der Waals surface area contributed by atoms with Crippen LogP contribution in [0.3, 0.4) is 0 Å². The Kier molecular flexibility index (Phi) is 7.38. The lowest BCUT2D eigenvalue weighted by atomic mass is 9.89. The fraction of sp³-hybridized carbons (Fsp3) is 1.00. The molecule has 4 rings (SSSR count). The SMILES string of the molecule is CC(C)[C@@H]1CC2(CCO2)CN1C(C)C.CC(C)[C@@H]1CC2(CN1C(C)C)OCCO2. The van der Waals surface area contributed by atoms with E-state index >= 15 is 0 Å². The molecule has 4 aliphatic rings. The van der Waals surface area contributed by atoms with Gasteiger partial charge in [-0.25, -0.2) is 0 Å². The molecule has 0 amide bonds. The van der Waals surface area contributed by atoms with Crippen molar-refractivity contribution >= 4 is 0 Å². The highest BCUT2D eigenvalue weighted by Crippen LogP contribution is 2.42. The highest BCUT2D eigenvalue weighted by atomic mass is 16.7. The van der Waals surface area contributed by atoms with Crippen LogP contribution in [0.25, 0.3) is 0 Å². The molecule has 5 heteroatoms. The summed E-state index contributed by atoms with van der Waals surface area (Å²) in [5.74, 6) is 1.14. The molecule has 4 saturated heterocycles. The lowest BCUT2D eigenvalue weighted by Crippen LogP contribution is -2.46. The van der Waals surface area contributed by atoms with Gasteiger partial charge in [-0.15, -0.1) is 0 Å². The minimum Gasteiger partial charge on any atom is -0.373 e. The number of hydrogen-bond donors (Lipinski definition) is 0. The minimum atomic E-state index is -0.279. The lowest BCUT2D eigenvalue weighted by Gasteiger charge is -2.38. The van der Waals surface area contributed by atoms with E-state index in [1.807, 2.05) is 0 Å². The number of rotatable bonds is 4. The van der Waals surface area contributed by atoms with Crippen LogP contribution in [0, 0.1) is 11.8 Å². The zero-order valence-corrected chi connectivity index (χ0v) is 20.2. The van der Waals surface area contributed by atoms with Gasteiger partial charge in [0.2, 0.25) is 0 Å². The Hall–Kier alpha value is -0.200. The molecule has 0 aliphatic carbocycles. The largest absolute Gasteiger partial charge is 0.373 e. The number of hydrogen-bond acceptors (Lipinski definition) is 5. The molecule has 5 nitrogen and oxygen atoms in total. The first kappa shape index (κ1) is 23.5. The van der Waals surface area contributed by atoms with E-state index in [1.165, 1.54) is 12.8 Å². The minimum absolute atomic E-state index is 0.249. The van der Waals surface area contributed by atoms with Gasteiger partial charge in [0.25, 0.3) is 0 Å². The van der Waals surface area contributed by atoms with Crippen molar-refractivity contribution in [2.24, 2.45) is 11.8 Å². The Morgan fingerprint density at radius 2 is 1.14 bits per heavy atom. The summed E-state index contributed by atoms with van der Waals surface area (Å²) in [6.45, 7) is 22.9. The first-order valence-electron chi connectivity index (χ1n) is 12.0. The van der Waals surface area contributed by atoms with E-state index in [1.54, 1.807) is 0 Å². The second-order valence-electron chi connectivity index (χ2n) is 11.0. The van der Waals surface area contributed by atoms with Crippen molar-refractivity contribution in [1.82, 2.24) is 9.80 Å². The summed E-state index contributed by atoms with van der Waals surface area (Å²) >= 11 is 0. The van der Waals surface area contributed by atoms with E-state index in [9.17, 15) is 0 Å². The fourth-order valence-corrected chi connectivity index (χ4v) is 5.66. The van der Waals surface area contributed by atoms with Gasteiger partial charge in [0.05, 0.1) is 32.0 Å². The number of nitrogens with zero attached hydrogens (tertiary/aromatic N) is 2. The molecule has 29 heavy (non-hydrogen) atoms. The molecule has 4 aliphatic heterocycles. The molecule has 0 bridgehead atoms. The van der Waals surface area contributed by atoms with Crippen molar-refractivity contribution in [3.05, 3.63) is 0 Å². The third kappa shape index (κ3) is 5.01. The molecule has 170 valence electrons. The van der Waals surface area contributed by atoms with Crippen LogP contribution in [0.4, 0.5) is 0 Å². The van der Waals surface area contributed by atoms with Crippen LogP contribution in [-0.2, 0) is 14.2 Å². The van der Waals surface area contributed by atoms with Gasteiger partial charge in [-0.1, -0.05) is 27.7 Å². The molecular weight excluding hydrogens is 364 g/mol. The second-order valence-corrected chi connectivity index (χ2v) is 11.0. The normalized spacial score (nSPS) is 34.8. The van der Waals surface area contributed by atoms with Crippen molar-refractivity contribution in [2.45, 2.75) is 110 Å². The van der Waals surface area contributed by atoms with Gasteiger partial charge in [0.1, 0.15) is 0 Å². The highest BCUT2D eigenvalue weighted by molar-refractivity contribution is 5.03. The van der Waals surface area contributed by atoms with E-state index in [-0.39, 0.29) is 11.4 Å². The van der Waals surface area contributed by atoms with Crippen LogP contribution < -0.4 is 0 Å². The van der Waals surface area contributed by atoms with E-state index in [2.05, 4.69) is 65.2 Å². The van der Waals surface area contributed by atoms with Crippen molar-refractivity contribution in [1.29, 1.82) is 0 Å². The zero-order valence-electron chi connectivity index (χ0n) is 20.2. The molecule has 0 N–H and O–H groups in total. The van der Waals surface area contributed by atoms with Crippen LogP contribution >= 0.6 is 0 Å². The highest BCUT2D eigenvalue weighted by Gasteiger charge is 2.51. The molecule has 0 aromatic rings. The summed E-state index contributed by atoms with van der Waals surface area (Å²) < 4.78 is 17.4. The van der Waals surface area contributed by atoms with Gasteiger partial charge < -0.3 is 14.2 Å². The second kappa shape index (κ2) is 9.12. The quantitative estimate of drug-likeness (QED) is 0.695. The van der Waals surface area contributed by atoms with E-state index in [0.717, 1.165) is 51.3 Å². The Bertz CT molecular complexity index is 488. The van der Waals surface area contributed by atoms with E-state index in [4.69, 9.17) is 14.2 Å². The van der Waals surface area contributed by atoms with Gasteiger partial charge >= 0.3 is 0 Å². The maximum Gasteiger partial charge on any atom is 0.182 e. The van der Waals surface area contributed by atoms with Crippen LogP contribution in [0.1, 0.15) is 74.7 Å². The molecule has 4 heterocycles. The monoisotopic (exact) mass is 410 g/mol. The predicted molar refractivity (Wildman–Crippen MR) is 118 cm³/mol.